The van der Waals surface area contributed by atoms with Gasteiger partial charge in [0.1, 0.15) is 0 Å². The lowest BCUT2D eigenvalue weighted by Gasteiger charge is -2.39. The summed E-state index contributed by atoms with van der Waals surface area (Å²) in [6, 6.07) is 0. The van der Waals surface area contributed by atoms with E-state index in [-0.39, 0.29) is 0 Å². The van der Waals surface area contributed by atoms with Gasteiger partial charge in [0, 0.05) is 30.7 Å². The molecule has 3 heteroatoms. The molecule has 3 heterocycles. The summed E-state index contributed by atoms with van der Waals surface area (Å²) in [6.45, 7) is 31.3. The molecule has 2 unspecified atom stereocenters. The number of rotatable bonds is 9. The minimum Gasteiger partial charge on any atom is -0.303 e. The van der Waals surface area contributed by atoms with Gasteiger partial charge in [0.25, 0.3) is 0 Å². The zero-order valence-electron chi connectivity index (χ0n) is 24.1. The number of hydrogen-bond donors (Lipinski definition) is 0. The highest BCUT2D eigenvalue weighted by atomic mass is 15.2. The Labute approximate surface area is 208 Å². The molecule has 0 aromatic heterocycles. The second-order valence-electron chi connectivity index (χ2n) is 14.9. The van der Waals surface area contributed by atoms with E-state index in [1.54, 1.807) is 0 Å². The maximum absolute atomic E-state index is 2.84. The van der Waals surface area contributed by atoms with Crippen molar-refractivity contribution in [2.45, 2.75) is 118 Å². The van der Waals surface area contributed by atoms with Gasteiger partial charge < -0.3 is 4.90 Å². The monoisotopic (exact) mass is 461 g/mol. The van der Waals surface area contributed by atoms with E-state index in [1.165, 1.54) is 90.8 Å². The third-order valence-electron chi connectivity index (χ3n) is 9.72. The smallest absolute Gasteiger partial charge is 0.0153 e. The summed E-state index contributed by atoms with van der Waals surface area (Å²) < 4.78 is 0. The van der Waals surface area contributed by atoms with Gasteiger partial charge in [-0.05, 0) is 135 Å². The minimum absolute atomic E-state index is 0.331. The van der Waals surface area contributed by atoms with E-state index >= 15 is 0 Å². The van der Waals surface area contributed by atoms with Crippen molar-refractivity contribution in [3.05, 3.63) is 0 Å². The van der Waals surface area contributed by atoms with Crippen LogP contribution in [0.15, 0.2) is 0 Å². The third-order valence-corrected chi connectivity index (χ3v) is 9.72. The first kappa shape index (κ1) is 27.5. The molecule has 3 saturated heterocycles. The van der Waals surface area contributed by atoms with Crippen LogP contribution in [0.4, 0.5) is 0 Å². The summed E-state index contributed by atoms with van der Waals surface area (Å²) in [4.78, 5) is 8.32. The van der Waals surface area contributed by atoms with E-state index in [1.807, 2.05) is 0 Å². The van der Waals surface area contributed by atoms with Crippen molar-refractivity contribution in [2.75, 3.05) is 45.8 Å². The molecular weight excluding hydrogens is 402 g/mol. The maximum Gasteiger partial charge on any atom is 0.0153 e. The van der Waals surface area contributed by atoms with E-state index in [0.717, 1.165) is 23.7 Å². The average molecular weight is 462 g/mol. The quantitative estimate of drug-likeness (QED) is 0.375. The predicted octanol–water partition coefficient (Wildman–Crippen LogP) is 6.77. The van der Waals surface area contributed by atoms with Crippen molar-refractivity contribution in [3.8, 4) is 0 Å². The summed E-state index contributed by atoms with van der Waals surface area (Å²) in [6.07, 6.45) is 9.73. The summed E-state index contributed by atoms with van der Waals surface area (Å²) in [5.41, 5.74) is 1.12. The molecule has 0 radical (unpaired) electrons. The Kier molecular flexibility index (Phi) is 9.05. The molecule has 3 fully saturated rings. The summed E-state index contributed by atoms with van der Waals surface area (Å²) in [5.74, 6) is 3.60. The van der Waals surface area contributed by atoms with Crippen molar-refractivity contribution >= 4 is 0 Å². The van der Waals surface area contributed by atoms with Crippen molar-refractivity contribution in [1.82, 2.24) is 14.7 Å². The van der Waals surface area contributed by atoms with Crippen LogP contribution in [0, 0.1) is 29.1 Å². The van der Waals surface area contributed by atoms with E-state index in [2.05, 4.69) is 77.0 Å². The van der Waals surface area contributed by atoms with Gasteiger partial charge in [0.2, 0.25) is 0 Å². The normalized spacial score (nSPS) is 27.8. The Bertz CT molecular complexity index is 594. The molecule has 0 aliphatic carbocycles. The Hall–Kier alpha value is -0.120. The zero-order chi connectivity index (χ0) is 24.4. The van der Waals surface area contributed by atoms with Gasteiger partial charge in [0.15, 0.2) is 0 Å². The molecule has 3 nitrogen and oxygen atoms in total. The first-order valence-corrected chi connectivity index (χ1v) is 14.5. The zero-order valence-corrected chi connectivity index (χ0v) is 24.1. The Morgan fingerprint density at radius 2 is 1.27 bits per heavy atom. The first-order valence-electron chi connectivity index (χ1n) is 14.5. The van der Waals surface area contributed by atoms with Crippen LogP contribution >= 0.6 is 0 Å². The Balaban J connectivity index is 1.40. The van der Waals surface area contributed by atoms with Crippen molar-refractivity contribution < 1.29 is 0 Å². The first-order chi connectivity index (χ1) is 15.2. The highest BCUT2D eigenvalue weighted by molar-refractivity contribution is 4.92. The van der Waals surface area contributed by atoms with Crippen LogP contribution in [0.3, 0.4) is 0 Å². The van der Waals surface area contributed by atoms with Gasteiger partial charge >= 0.3 is 0 Å². The second-order valence-corrected chi connectivity index (χ2v) is 14.9. The number of hydrogen-bond acceptors (Lipinski definition) is 3. The SMILES string of the molecule is CC(C)C1CCN(CC2CCN(C(C)(C)CCC(C)(C)CC3CCN(C(C)(C)C)C3)C2)CC1. The van der Waals surface area contributed by atoms with Crippen molar-refractivity contribution in [1.29, 1.82) is 0 Å². The topological polar surface area (TPSA) is 9.72 Å². The molecule has 0 aromatic rings. The molecule has 3 rings (SSSR count). The molecule has 0 bridgehead atoms. The minimum atomic E-state index is 0.331. The third kappa shape index (κ3) is 7.94. The van der Waals surface area contributed by atoms with Crippen LogP contribution in [0.25, 0.3) is 0 Å². The molecule has 0 amide bonds. The number of piperidine rings is 1. The van der Waals surface area contributed by atoms with Gasteiger partial charge in [-0.3, -0.25) is 9.80 Å². The fourth-order valence-corrected chi connectivity index (χ4v) is 6.99. The summed E-state index contributed by atoms with van der Waals surface area (Å²) in [7, 11) is 0. The molecule has 0 N–H and O–H groups in total. The lowest BCUT2D eigenvalue weighted by atomic mass is 9.76. The van der Waals surface area contributed by atoms with Gasteiger partial charge in [-0.1, -0.05) is 27.7 Å². The largest absolute Gasteiger partial charge is 0.303 e. The summed E-state index contributed by atoms with van der Waals surface area (Å²) in [5, 5.41) is 0. The lowest BCUT2D eigenvalue weighted by Crippen LogP contribution is -2.44. The molecule has 0 spiro atoms. The van der Waals surface area contributed by atoms with Crippen LogP contribution in [-0.4, -0.2) is 71.6 Å². The van der Waals surface area contributed by atoms with Gasteiger partial charge in [-0.15, -0.1) is 0 Å². The fraction of sp³-hybridized carbons (Fsp3) is 1.00. The Morgan fingerprint density at radius 3 is 1.85 bits per heavy atom. The van der Waals surface area contributed by atoms with Gasteiger partial charge in [0.05, 0.1) is 0 Å². The fourth-order valence-electron chi connectivity index (χ4n) is 6.99. The van der Waals surface area contributed by atoms with Crippen LogP contribution in [0.5, 0.6) is 0 Å². The van der Waals surface area contributed by atoms with Crippen LogP contribution in [-0.2, 0) is 0 Å². The van der Waals surface area contributed by atoms with Crippen molar-refractivity contribution in [2.24, 2.45) is 29.1 Å². The van der Waals surface area contributed by atoms with Crippen molar-refractivity contribution in [3.63, 3.8) is 0 Å². The molecule has 2 atom stereocenters. The van der Waals surface area contributed by atoms with Crippen LogP contribution < -0.4 is 0 Å². The second kappa shape index (κ2) is 10.9. The van der Waals surface area contributed by atoms with Crippen LogP contribution in [0.1, 0.15) is 107 Å². The molecule has 33 heavy (non-hydrogen) atoms. The lowest BCUT2D eigenvalue weighted by molar-refractivity contribution is 0.101. The molecule has 0 aromatic carbocycles. The highest BCUT2D eigenvalue weighted by Crippen LogP contribution is 2.39. The standard InChI is InChI=1S/C30H59N3/c1-24(2)27-12-16-31(17-13-27)21-26-11-19-33(23-26)30(8,9)15-14-29(6,7)20-25-10-18-32(22-25)28(3,4)5/h24-27H,10-23H2,1-9H3. The van der Waals surface area contributed by atoms with Crippen LogP contribution in [0.2, 0.25) is 0 Å². The van der Waals surface area contributed by atoms with E-state index < -0.39 is 0 Å². The highest BCUT2D eigenvalue weighted by Gasteiger charge is 2.37. The Morgan fingerprint density at radius 1 is 0.697 bits per heavy atom. The maximum atomic E-state index is 2.84. The molecule has 3 aliphatic rings. The number of likely N-dealkylation sites (tertiary alicyclic amines) is 3. The van der Waals surface area contributed by atoms with Gasteiger partial charge in [-0.25, -0.2) is 0 Å². The predicted molar refractivity (Wildman–Crippen MR) is 145 cm³/mol. The molecule has 3 aliphatic heterocycles. The summed E-state index contributed by atoms with van der Waals surface area (Å²) >= 11 is 0. The molecule has 194 valence electrons. The van der Waals surface area contributed by atoms with E-state index in [4.69, 9.17) is 0 Å². The van der Waals surface area contributed by atoms with E-state index in [0.29, 0.717) is 16.5 Å². The van der Waals surface area contributed by atoms with E-state index in [9.17, 15) is 0 Å². The molecule has 0 saturated carbocycles. The van der Waals surface area contributed by atoms with Gasteiger partial charge in [-0.2, -0.15) is 0 Å². The number of nitrogens with zero attached hydrogens (tertiary/aromatic N) is 3. The molecular formula is C30H59N3. The average Bonchev–Trinajstić information content (AvgIpc) is 3.37.